The lowest BCUT2D eigenvalue weighted by atomic mass is 10.2. The van der Waals surface area contributed by atoms with Gasteiger partial charge in [0.1, 0.15) is 6.04 Å². The molecule has 6 heteroatoms. The lowest BCUT2D eigenvalue weighted by Crippen LogP contribution is -2.46. The fraction of sp³-hybridized carbons (Fsp3) is 0.800. The zero-order chi connectivity index (χ0) is 12.6. The van der Waals surface area contributed by atoms with Gasteiger partial charge in [-0.25, -0.2) is 9.59 Å². The highest BCUT2D eigenvalue weighted by Gasteiger charge is 2.16. The summed E-state index contributed by atoms with van der Waals surface area (Å²) in [6.45, 7) is 4.36. The fourth-order valence-electron chi connectivity index (χ4n) is 1.05. The van der Waals surface area contributed by atoms with Gasteiger partial charge in [-0.15, -0.1) is 0 Å². The molecule has 0 spiro atoms. The molecule has 0 aliphatic rings. The van der Waals surface area contributed by atoms with E-state index in [0.29, 0.717) is 18.2 Å². The summed E-state index contributed by atoms with van der Waals surface area (Å²) in [5.41, 5.74) is 0. The Kier molecular flexibility index (Phi) is 7.80. The van der Waals surface area contributed by atoms with Gasteiger partial charge in [-0.1, -0.05) is 13.8 Å². The third kappa shape index (κ3) is 6.55. The first-order valence-corrected chi connectivity index (χ1v) is 6.60. The number of rotatable bonds is 7. The summed E-state index contributed by atoms with van der Waals surface area (Å²) in [6.07, 6.45) is 3.27. The molecule has 0 aromatic carbocycles. The highest BCUT2D eigenvalue weighted by molar-refractivity contribution is 7.99. The Hall–Kier alpha value is -0.910. The zero-order valence-electron chi connectivity index (χ0n) is 9.95. The van der Waals surface area contributed by atoms with E-state index in [4.69, 9.17) is 5.11 Å². The number of aliphatic carboxylic acids is 1. The van der Waals surface area contributed by atoms with Crippen molar-refractivity contribution < 1.29 is 14.7 Å². The molecule has 0 aliphatic heterocycles. The summed E-state index contributed by atoms with van der Waals surface area (Å²) in [5.74, 6) is -1.00. The molecule has 0 saturated carbocycles. The van der Waals surface area contributed by atoms with Crippen molar-refractivity contribution >= 4 is 23.8 Å². The van der Waals surface area contributed by atoms with E-state index in [0.717, 1.165) is 6.42 Å². The van der Waals surface area contributed by atoms with Gasteiger partial charge in [0.15, 0.2) is 0 Å². The third-order valence-corrected chi connectivity index (χ3v) is 3.29. The molecular formula is C10H20N2O3S. The van der Waals surface area contributed by atoms with Crippen molar-refractivity contribution in [1.82, 2.24) is 10.6 Å². The van der Waals surface area contributed by atoms with Gasteiger partial charge in [0.05, 0.1) is 0 Å². The van der Waals surface area contributed by atoms with Gasteiger partial charge >= 0.3 is 12.0 Å². The summed E-state index contributed by atoms with van der Waals surface area (Å²) in [5, 5.41) is 14.3. The number of carboxylic acid groups (broad SMARTS) is 1. The van der Waals surface area contributed by atoms with Crippen LogP contribution >= 0.6 is 11.8 Å². The van der Waals surface area contributed by atoms with Crippen LogP contribution in [-0.2, 0) is 4.79 Å². The molecule has 0 aromatic heterocycles. The largest absolute Gasteiger partial charge is 0.480 e. The Bertz CT molecular complexity index is 236. The second-order valence-electron chi connectivity index (χ2n) is 3.53. The van der Waals surface area contributed by atoms with E-state index in [2.05, 4.69) is 17.6 Å². The molecule has 16 heavy (non-hydrogen) atoms. The molecule has 0 bridgehead atoms. The molecule has 0 radical (unpaired) electrons. The minimum atomic E-state index is -1.00. The van der Waals surface area contributed by atoms with E-state index >= 15 is 0 Å². The van der Waals surface area contributed by atoms with Crippen LogP contribution in [0, 0.1) is 0 Å². The molecule has 2 amide bonds. The number of carbonyl (C=O) groups excluding carboxylic acids is 1. The van der Waals surface area contributed by atoms with Crippen molar-refractivity contribution in [3.63, 3.8) is 0 Å². The number of carboxylic acids is 1. The SMILES string of the molecule is CC[C@@H](NC(=O)NCCC(C)SC)C(=O)O. The van der Waals surface area contributed by atoms with Crippen molar-refractivity contribution in [2.45, 2.75) is 38.0 Å². The van der Waals surface area contributed by atoms with Crippen molar-refractivity contribution in [1.29, 1.82) is 0 Å². The number of hydrogen-bond acceptors (Lipinski definition) is 3. The first-order valence-electron chi connectivity index (χ1n) is 5.31. The number of thioether (sulfide) groups is 1. The van der Waals surface area contributed by atoms with Crippen LogP contribution in [0.2, 0.25) is 0 Å². The predicted octanol–water partition coefficient (Wildman–Crippen LogP) is 1.29. The van der Waals surface area contributed by atoms with E-state index < -0.39 is 18.0 Å². The molecule has 0 heterocycles. The summed E-state index contributed by atoms with van der Waals surface area (Å²) in [6, 6.07) is -1.22. The molecule has 2 atom stereocenters. The van der Waals surface area contributed by atoms with Gasteiger partial charge in [-0.2, -0.15) is 11.8 Å². The van der Waals surface area contributed by atoms with E-state index in [9.17, 15) is 9.59 Å². The van der Waals surface area contributed by atoms with Gasteiger partial charge in [-0.3, -0.25) is 0 Å². The number of urea groups is 1. The van der Waals surface area contributed by atoms with Gasteiger partial charge in [0, 0.05) is 11.8 Å². The highest BCUT2D eigenvalue weighted by atomic mass is 32.2. The Balaban J connectivity index is 3.77. The van der Waals surface area contributed by atoms with Gasteiger partial charge < -0.3 is 15.7 Å². The first-order chi connectivity index (χ1) is 7.51. The normalized spacial score (nSPS) is 13.9. The summed E-state index contributed by atoms with van der Waals surface area (Å²) >= 11 is 1.73. The average Bonchev–Trinajstić information content (AvgIpc) is 2.25. The molecule has 0 aliphatic carbocycles. The van der Waals surface area contributed by atoms with Crippen molar-refractivity contribution in [2.75, 3.05) is 12.8 Å². The monoisotopic (exact) mass is 248 g/mol. The fourth-order valence-corrected chi connectivity index (χ4v) is 1.41. The molecule has 0 rings (SSSR count). The number of nitrogens with one attached hydrogen (secondary N) is 2. The lowest BCUT2D eigenvalue weighted by Gasteiger charge is -2.14. The van der Waals surface area contributed by atoms with Crippen LogP contribution in [0.3, 0.4) is 0 Å². The maximum Gasteiger partial charge on any atom is 0.326 e. The van der Waals surface area contributed by atoms with Crippen LogP contribution in [0.4, 0.5) is 4.79 Å². The minimum absolute atomic E-state index is 0.379. The summed E-state index contributed by atoms with van der Waals surface area (Å²) in [4.78, 5) is 21.9. The van der Waals surface area contributed by atoms with E-state index in [1.807, 2.05) is 6.26 Å². The lowest BCUT2D eigenvalue weighted by molar-refractivity contribution is -0.139. The first kappa shape index (κ1) is 15.1. The molecule has 3 N–H and O–H groups in total. The van der Waals surface area contributed by atoms with Crippen LogP contribution in [0.25, 0.3) is 0 Å². The van der Waals surface area contributed by atoms with Gasteiger partial charge in [0.25, 0.3) is 0 Å². The molecule has 5 nitrogen and oxygen atoms in total. The Labute approximate surface area is 100 Å². The van der Waals surface area contributed by atoms with Crippen LogP contribution in [0.1, 0.15) is 26.7 Å². The highest BCUT2D eigenvalue weighted by Crippen LogP contribution is 2.07. The second-order valence-corrected chi connectivity index (χ2v) is 4.81. The molecule has 94 valence electrons. The number of hydrogen-bond donors (Lipinski definition) is 3. The number of amides is 2. The predicted molar refractivity (Wildman–Crippen MR) is 65.8 cm³/mol. The average molecular weight is 248 g/mol. The molecule has 0 saturated heterocycles. The maximum atomic E-state index is 11.3. The second kappa shape index (κ2) is 8.27. The van der Waals surface area contributed by atoms with Crippen molar-refractivity contribution in [3.8, 4) is 0 Å². The smallest absolute Gasteiger partial charge is 0.326 e. The Morgan fingerprint density at radius 1 is 1.44 bits per heavy atom. The molecule has 1 unspecified atom stereocenters. The van der Waals surface area contributed by atoms with Gasteiger partial charge in [0.2, 0.25) is 0 Å². The van der Waals surface area contributed by atoms with E-state index in [1.54, 1.807) is 18.7 Å². The van der Waals surface area contributed by atoms with Crippen LogP contribution in [0.15, 0.2) is 0 Å². The quantitative estimate of drug-likeness (QED) is 0.634. The summed E-state index contributed by atoms with van der Waals surface area (Å²) in [7, 11) is 0. The van der Waals surface area contributed by atoms with Crippen molar-refractivity contribution in [2.24, 2.45) is 0 Å². The molecule has 0 aromatic rings. The van der Waals surface area contributed by atoms with Crippen molar-refractivity contribution in [3.05, 3.63) is 0 Å². The third-order valence-electron chi connectivity index (χ3n) is 2.25. The van der Waals surface area contributed by atoms with Crippen LogP contribution in [-0.4, -0.2) is 41.2 Å². The zero-order valence-corrected chi connectivity index (χ0v) is 10.8. The standard InChI is InChI=1S/C10H20N2O3S/c1-4-8(9(13)14)12-10(15)11-6-5-7(2)16-3/h7-8H,4-6H2,1-3H3,(H,13,14)(H2,11,12,15)/t7?,8-/m1/s1. The van der Waals surface area contributed by atoms with Crippen LogP contribution in [0.5, 0.6) is 0 Å². The molecular weight excluding hydrogens is 228 g/mol. The molecule has 0 fully saturated rings. The number of carbonyl (C=O) groups is 2. The van der Waals surface area contributed by atoms with Gasteiger partial charge in [-0.05, 0) is 19.1 Å². The van der Waals surface area contributed by atoms with E-state index in [-0.39, 0.29) is 0 Å². The summed E-state index contributed by atoms with van der Waals surface area (Å²) < 4.78 is 0. The van der Waals surface area contributed by atoms with E-state index in [1.165, 1.54) is 0 Å². The Morgan fingerprint density at radius 3 is 2.50 bits per heavy atom. The maximum absolute atomic E-state index is 11.3. The van der Waals surface area contributed by atoms with Crippen LogP contribution < -0.4 is 10.6 Å². The topological polar surface area (TPSA) is 78.4 Å². The Morgan fingerprint density at radius 2 is 2.06 bits per heavy atom. The minimum Gasteiger partial charge on any atom is -0.480 e.